The van der Waals surface area contributed by atoms with Gasteiger partial charge in [0.15, 0.2) is 5.78 Å². The molecule has 4 nitrogen and oxygen atoms in total. The van der Waals surface area contributed by atoms with E-state index in [1.807, 2.05) is 0 Å². The first-order valence-electron chi connectivity index (χ1n) is 6.24. The quantitative estimate of drug-likeness (QED) is 0.783. The van der Waals surface area contributed by atoms with E-state index in [1.165, 1.54) is 7.11 Å². The predicted molar refractivity (Wildman–Crippen MR) is 72.5 cm³/mol. The maximum atomic E-state index is 12.3. The molecule has 1 aromatic carbocycles. The molecule has 1 atom stereocenters. The summed E-state index contributed by atoms with van der Waals surface area (Å²) in [7, 11) is 1.35. The standard InChI is InChI=1S/C14H16ClNO3/c1-19-14(18)16-8-2-3-11(9-16)13(17)10-4-6-12(15)7-5-10/h4-7,11H,2-3,8-9H2,1H3. The summed E-state index contributed by atoms with van der Waals surface area (Å²) >= 11 is 5.80. The van der Waals surface area contributed by atoms with Gasteiger partial charge in [-0.3, -0.25) is 4.79 Å². The van der Waals surface area contributed by atoms with E-state index in [-0.39, 0.29) is 17.8 Å². The SMILES string of the molecule is COC(=O)N1CCCC(C(=O)c2ccc(Cl)cc2)C1. The number of ether oxygens (including phenoxy) is 1. The highest BCUT2D eigenvalue weighted by Gasteiger charge is 2.29. The van der Waals surface area contributed by atoms with Gasteiger partial charge in [0.25, 0.3) is 0 Å². The number of hydrogen-bond acceptors (Lipinski definition) is 3. The number of carbonyl (C=O) groups is 2. The van der Waals surface area contributed by atoms with Crippen molar-refractivity contribution in [1.82, 2.24) is 4.90 Å². The normalized spacial score (nSPS) is 19.1. The van der Waals surface area contributed by atoms with Gasteiger partial charge < -0.3 is 9.64 Å². The Labute approximate surface area is 117 Å². The van der Waals surface area contributed by atoms with E-state index in [9.17, 15) is 9.59 Å². The summed E-state index contributed by atoms with van der Waals surface area (Å²) in [4.78, 5) is 25.4. The highest BCUT2D eigenvalue weighted by molar-refractivity contribution is 6.30. The Morgan fingerprint density at radius 2 is 2.00 bits per heavy atom. The van der Waals surface area contributed by atoms with Crippen molar-refractivity contribution in [2.24, 2.45) is 5.92 Å². The van der Waals surface area contributed by atoms with Gasteiger partial charge in [0.2, 0.25) is 0 Å². The van der Waals surface area contributed by atoms with Crippen LogP contribution >= 0.6 is 11.6 Å². The molecule has 1 fully saturated rings. The maximum Gasteiger partial charge on any atom is 0.409 e. The van der Waals surface area contributed by atoms with Gasteiger partial charge in [0.05, 0.1) is 7.11 Å². The first-order valence-corrected chi connectivity index (χ1v) is 6.62. The van der Waals surface area contributed by atoms with Crippen molar-refractivity contribution in [1.29, 1.82) is 0 Å². The molecule has 5 heteroatoms. The molecule has 0 N–H and O–H groups in total. The molecule has 0 bridgehead atoms. The molecule has 1 aromatic rings. The van der Waals surface area contributed by atoms with Crippen molar-refractivity contribution in [3.8, 4) is 0 Å². The fourth-order valence-corrected chi connectivity index (χ4v) is 2.46. The van der Waals surface area contributed by atoms with Gasteiger partial charge in [-0.2, -0.15) is 0 Å². The lowest BCUT2D eigenvalue weighted by molar-refractivity contribution is 0.0772. The average Bonchev–Trinajstić information content (AvgIpc) is 2.46. The third-order valence-electron chi connectivity index (χ3n) is 3.35. The summed E-state index contributed by atoms with van der Waals surface area (Å²) in [6, 6.07) is 6.86. The fraction of sp³-hybridized carbons (Fsp3) is 0.429. The number of methoxy groups -OCH3 is 1. The Bertz CT molecular complexity index is 472. The zero-order valence-corrected chi connectivity index (χ0v) is 11.5. The summed E-state index contributed by atoms with van der Waals surface area (Å²) in [5, 5.41) is 0.608. The number of halogens is 1. The summed E-state index contributed by atoms with van der Waals surface area (Å²) in [6.07, 6.45) is 1.25. The van der Waals surface area contributed by atoms with Crippen LogP contribution in [0.4, 0.5) is 4.79 Å². The number of ketones is 1. The van der Waals surface area contributed by atoms with E-state index in [1.54, 1.807) is 29.2 Å². The second-order valence-corrected chi connectivity index (χ2v) is 5.06. The molecule has 0 radical (unpaired) electrons. The molecule has 0 spiro atoms. The van der Waals surface area contributed by atoms with Crippen molar-refractivity contribution >= 4 is 23.5 Å². The van der Waals surface area contributed by atoms with Crippen molar-refractivity contribution in [2.45, 2.75) is 12.8 Å². The number of benzene rings is 1. The molecule has 19 heavy (non-hydrogen) atoms. The summed E-state index contributed by atoms with van der Waals surface area (Å²) in [5.41, 5.74) is 0.640. The average molecular weight is 282 g/mol. The molecule has 1 saturated heterocycles. The summed E-state index contributed by atoms with van der Waals surface area (Å²) in [6.45, 7) is 1.07. The lowest BCUT2D eigenvalue weighted by Gasteiger charge is -2.30. The minimum Gasteiger partial charge on any atom is -0.453 e. The Morgan fingerprint density at radius 3 is 2.63 bits per heavy atom. The van der Waals surface area contributed by atoms with Gasteiger partial charge in [-0.25, -0.2) is 4.79 Å². The van der Waals surface area contributed by atoms with Crippen LogP contribution < -0.4 is 0 Å². The van der Waals surface area contributed by atoms with Crippen LogP contribution in [0, 0.1) is 5.92 Å². The molecule has 1 aliphatic heterocycles. The van der Waals surface area contributed by atoms with Crippen LogP contribution in [-0.4, -0.2) is 37.0 Å². The van der Waals surface area contributed by atoms with Crippen molar-refractivity contribution < 1.29 is 14.3 Å². The van der Waals surface area contributed by atoms with E-state index < -0.39 is 0 Å². The van der Waals surface area contributed by atoms with Crippen LogP contribution in [0.5, 0.6) is 0 Å². The number of piperidine rings is 1. The molecule has 0 aromatic heterocycles. The summed E-state index contributed by atoms with van der Waals surface area (Å²) < 4.78 is 4.70. The van der Waals surface area contributed by atoms with E-state index in [0.29, 0.717) is 23.7 Å². The molecule has 1 unspecified atom stereocenters. The molecule has 1 heterocycles. The Balaban J connectivity index is 2.06. The molecule has 1 amide bonds. The maximum absolute atomic E-state index is 12.3. The number of rotatable bonds is 2. The van der Waals surface area contributed by atoms with Crippen LogP contribution in [0.15, 0.2) is 24.3 Å². The Kier molecular flexibility index (Phi) is 4.43. The van der Waals surface area contributed by atoms with Gasteiger partial charge in [0, 0.05) is 29.6 Å². The van der Waals surface area contributed by atoms with E-state index in [4.69, 9.17) is 16.3 Å². The number of amides is 1. The van der Waals surface area contributed by atoms with Crippen LogP contribution in [-0.2, 0) is 4.74 Å². The molecule has 2 rings (SSSR count). The van der Waals surface area contributed by atoms with Crippen molar-refractivity contribution in [3.05, 3.63) is 34.9 Å². The first-order chi connectivity index (χ1) is 9.11. The first kappa shape index (κ1) is 13.9. The minimum absolute atomic E-state index is 0.0604. The number of hydrogen-bond donors (Lipinski definition) is 0. The molecular formula is C14H16ClNO3. The fourth-order valence-electron chi connectivity index (χ4n) is 2.34. The zero-order chi connectivity index (χ0) is 13.8. The van der Waals surface area contributed by atoms with Crippen LogP contribution in [0.1, 0.15) is 23.2 Å². The van der Waals surface area contributed by atoms with Gasteiger partial charge >= 0.3 is 6.09 Å². The minimum atomic E-state index is -0.367. The lowest BCUT2D eigenvalue weighted by Crippen LogP contribution is -2.42. The monoisotopic (exact) mass is 281 g/mol. The second kappa shape index (κ2) is 6.06. The number of Topliss-reactive ketones (excluding diaryl/α,β-unsaturated/α-hetero) is 1. The van der Waals surface area contributed by atoms with Gasteiger partial charge in [-0.05, 0) is 37.1 Å². The third kappa shape index (κ3) is 3.26. The van der Waals surface area contributed by atoms with Gasteiger partial charge in [-0.1, -0.05) is 11.6 Å². The summed E-state index contributed by atoms with van der Waals surface area (Å²) in [5.74, 6) is -0.0979. The number of likely N-dealkylation sites (tertiary alicyclic amines) is 1. The largest absolute Gasteiger partial charge is 0.453 e. The van der Waals surface area contributed by atoms with Crippen LogP contribution in [0.25, 0.3) is 0 Å². The van der Waals surface area contributed by atoms with Crippen molar-refractivity contribution in [3.63, 3.8) is 0 Å². The second-order valence-electron chi connectivity index (χ2n) is 4.63. The topological polar surface area (TPSA) is 46.6 Å². The number of carbonyl (C=O) groups excluding carboxylic acids is 2. The van der Waals surface area contributed by atoms with E-state index in [2.05, 4.69) is 0 Å². The van der Waals surface area contributed by atoms with Crippen LogP contribution in [0.2, 0.25) is 5.02 Å². The highest BCUT2D eigenvalue weighted by atomic mass is 35.5. The molecule has 0 saturated carbocycles. The van der Waals surface area contributed by atoms with E-state index in [0.717, 1.165) is 12.8 Å². The molecule has 1 aliphatic rings. The lowest BCUT2D eigenvalue weighted by atomic mass is 9.90. The third-order valence-corrected chi connectivity index (χ3v) is 3.61. The van der Waals surface area contributed by atoms with Gasteiger partial charge in [-0.15, -0.1) is 0 Å². The molecular weight excluding hydrogens is 266 g/mol. The Morgan fingerprint density at radius 1 is 1.32 bits per heavy atom. The predicted octanol–water partition coefficient (Wildman–Crippen LogP) is 3.00. The molecule has 0 aliphatic carbocycles. The number of nitrogens with zero attached hydrogens (tertiary/aromatic N) is 1. The highest BCUT2D eigenvalue weighted by Crippen LogP contribution is 2.22. The smallest absolute Gasteiger partial charge is 0.409 e. The Hall–Kier alpha value is -1.55. The van der Waals surface area contributed by atoms with Crippen LogP contribution in [0.3, 0.4) is 0 Å². The van der Waals surface area contributed by atoms with E-state index >= 15 is 0 Å². The molecule has 102 valence electrons. The van der Waals surface area contributed by atoms with Crippen molar-refractivity contribution in [2.75, 3.05) is 20.2 Å². The zero-order valence-electron chi connectivity index (χ0n) is 10.8. The van der Waals surface area contributed by atoms with Gasteiger partial charge in [0.1, 0.15) is 0 Å².